The van der Waals surface area contributed by atoms with Crippen LogP contribution < -0.4 is 10.6 Å². The predicted octanol–water partition coefficient (Wildman–Crippen LogP) is 2.55. The van der Waals surface area contributed by atoms with E-state index >= 15 is 0 Å². The number of hydrogen-bond acceptors (Lipinski definition) is 3. The number of hydrogen-bond donors (Lipinski definition) is 1. The molecule has 1 aromatic carbocycles. The number of benzene rings is 1. The standard InChI is InChI=1S/C15H22F3N3/c1-20-6-5-12(9-20)10-21(2)14-4-3-11(8-19)7-13(14)15(16,17)18/h3-4,7,12H,5-6,8-10,19H2,1-2H3. The van der Waals surface area contributed by atoms with Gasteiger partial charge in [0.1, 0.15) is 0 Å². The maximum Gasteiger partial charge on any atom is 0.418 e. The van der Waals surface area contributed by atoms with Crippen LogP contribution in [-0.4, -0.2) is 38.6 Å². The average Bonchev–Trinajstić information content (AvgIpc) is 2.82. The van der Waals surface area contributed by atoms with Crippen molar-refractivity contribution in [3.05, 3.63) is 29.3 Å². The second-order valence-electron chi connectivity index (χ2n) is 5.85. The van der Waals surface area contributed by atoms with Crippen molar-refractivity contribution in [3.8, 4) is 0 Å². The molecule has 1 aromatic rings. The smallest absolute Gasteiger partial charge is 0.374 e. The summed E-state index contributed by atoms with van der Waals surface area (Å²) < 4.78 is 39.7. The fourth-order valence-corrected chi connectivity index (χ4v) is 2.93. The molecule has 1 atom stereocenters. The third-order valence-electron chi connectivity index (χ3n) is 4.03. The summed E-state index contributed by atoms with van der Waals surface area (Å²) in [6.07, 6.45) is -3.33. The molecule has 1 saturated heterocycles. The molecule has 0 aliphatic carbocycles. The van der Waals surface area contributed by atoms with Crippen LogP contribution in [0.3, 0.4) is 0 Å². The summed E-state index contributed by atoms with van der Waals surface area (Å²) in [7, 11) is 3.77. The molecule has 0 aromatic heterocycles. The van der Waals surface area contributed by atoms with Gasteiger partial charge in [0.25, 0.3) is 0 Å². The highest BCUT2D eigenvalue weighted by Crippen LogP contribution is 2.37. The second kappa shape index (κ2) is 6.23. The summed E-state index contributed by atoms with van der Waals surface area (Å²) in [4.78, 5) is 3.92. The molecule has 0 amide bonds. The minimum absolute atomic E-state index is 0.112. The number of halogens is 3. The molecule has 0 bridgehead atoms. The Bertz CT molecular complexity index is 488. The average molecular weight is 301 g/mol. The maximum absolute atomic E-state index is 13.2. The molecule has 3 nitrogen and oxygen atoms in total. The van der Waals surface area contributed by atoms with Gasteiger partial charge in [0.05, 0.1) is 5.56 Å². The van der Waals surface area contributed by atoms with Gasteiger partial charge in [-0.05, 0) is 43.6 Å². The Balaban J connectivity index is 2.21. The van der Waals surface area contributed by atoms with Gasteiger partial charge in [-0.3, -0.25) is 0 Å². The second-order valence-corrected chi connectivity index (χ2v) is 5.85. The lowest BCUT2D eigenvalue weighted by atomic mass is 10.0. The molecule has 2 N–H and O–H groups in total. The number of nitrogens with two attached hydrogens (primary N) is 1. The highest BCUT2D eigenvalue weighted by atomic mass is 19.4. The van der Waals surface area contributed by atoms with Gasteiger partial charge in [0, 0.05) is 32.4 Å². The van der Waals surface area contributed by atoms with Crippen molar-refractivity contribution in [2.24, 2.45) is 11.7 Å². The first kappa shape index (κ1) is 16.1. The molecule has 6 heteroatoms. The Morgan fingerprint density at radius 2 is 2.10 bits per heavy atom. The van der Waals surface area contributed by atoms with E-state index in [1.54, 1.807) is 18.0 Å². The Morgan fingerprint density at radius 1 is 1.38 bits per heavy atom. The molecule has 0 saturated carbocycles. The molecule has 0 spiro atoms. The Morgan fingerprint density at radius 3 is 2.62 bits per heavy atom. The fourth-order valence-electron chi connectivity index (χ4n) is 2.93. The first-order valence-electron chi connectivity index (χ1n) is 7.11. The molecule has 118 valence electrons. The molecule has 21 heavy (non-hydrogen) atoms. The van der Waals surface area contributed by atoms with Crippen LogP contribution in [0.15, 0.2) is 18.2 Å². The van der Waals surface area contributed by atoms with E-state index in [2.05, 4.69) is 4.90 Å². The Labute approximate surface area is 123 Å². The highest BCUT2D eigenvalue weighted by Gasteiger charge is 2.35. The van der Waals surface area contributed by atoms with Crippen molar-refractivity contribution in [2.45, 2.75) is 19.1 Å². The zero-order chi connectivity index (χ0) is 15.6. The first-order chi connectivity index (χ1) is 9.81. The number of alkyl halides is 3. The topological polar surface area (TPSA) is 32.5 Å². The van der Waals surface area contributed by atoms with Gasteiger partial charge in [-0.2, -0.15) is 13.2 Å². The van der Waals surface area contributed by atoms with E-state index in [1.807, 2.05) is 7.05 Å². The highest BCUT2D eigenvalue weighted by molar-refractivity contribution is 5.56. The Kier molecular flexibility index (Phi) is 4.78. The molecular weight excluding hydrogens is 279 g/mol. The quantitative estimate of drug-likeness (QED) is 0.927. The lowest BCUT2D eigenvalue weighted by Crippen LogP contribution is -2.29. The molecule has 1 unspecified atom stereocenters. The zero-order valence-corrected chi connectivity index (χ0v) is 12.5. The number of likely N-dealkylation sites (tertiary alicyclic amines) is 1. The van der Waals surface area contributed by atoms with Crippen LogP contribution in [0.2, 0.25) is 0 Å². The monoisotopic (exact) mass is 301 g/mol. The number of rotatable bonds is 4. The van der Waals surface area contributed by atoms with Gasteiger partial charge in [-0.25, -0.2) is 0 Å². The SMILES string of the molecule is CN1CCC(CN(C)c2ccc(CN)cc2C(F)(F)F)C1. The maximum atomic E-state index is 13.2. The van der Waals surface area contributed by atoms with Gasteiger partial charge >= 0.3 is 6.18 Å². The van der Waals surface area contributed by atoms with E-state index in [9.17, 15) is 13.2 Å². The summed E-state index contributed by atoms with van der Waals surface area (Å²) in [6, 6.07) is 4.36. The minimum Gasteiger partial charge on any atom is -0.374 e. The van der Waals surface area contributed by atoms with Crippen molar-refractivity contribution in [3.63, 3.8) is 0 Å². The van der Waals surface area contributed by atoms with Gasteiger partial charge in [-0.1, -0.05) is 6.07 Å². The van der Waals surface area contributed by atoms with Crippen molar-refractivity contribution in [2.75, 3.05) is 38.6 Å². The van der Waals surface area contributed by atoms with Crippen molar-refractivity contribution in [1.29, 1.82) is 0 Å². The van der Waals surface area contributed by atoms with Gasteiger partial charge in [0.2, 0.25) is 0 Å². The summed E-state index contributed by atoms with van der Waals surface area (Å²) in [6.45, 7) is 2.69. The van der Waals surface area contributed by atoms with E-state index in [-0.39, 0.29) is 12.2 Å². The minimum atomic E-state index is -4.36. The fraction of sp³-hybridized carbons (Fsp3) is 0.600. The number of nitrogens with zero attached hydrogens (tertiary/aromatic N) is 2. The van der Waals surface area contributed by atoms with Crippen LogP contribution >= 0.6 is 0 Å². The normalized spacial score (nSPS) is 20.0. The van der Waals surface area contributed by atoms with E-state index in [0.717, 1.165) is 25.6 Å². The van der Waals surface area contributed by atoms with Crippen LogP contribution in [-0.2, 0) is 12.7 Å². The van der Waals surface area contributed by atoms with Crippen LogP contribution in [0.1, 0.15) is 17.5 Å². The van der Waals surface area contributed by atoms with Crippen LogP contribution in [0, 0.1) is 5.92 Å². The van der Waals surface area contributed by atoms with E-state index < -0.39 is 11.7 Å². The van der Waals surface area contributed by atoms with E-state index in [4.69, 9.17) is 5.73 Å². The molecule has 2 rings (SSSR count). The van der Waals surface area contributed by atoms with Crippen molar-refractivity contribution >= 4 is 5.69 Å². The third kappa shape index (κ3) is 3.89. The van der Waals surface area contributed by atoms with Gasteiger partial charge in [-0.15, -0.1) is 0 Å². The third-order valence-corrected chi connectivity index (χ3v) is 4.03. The van der Waals surface area contributed by atoms with Crippen molar-refractivity contribution in [1.82, 2.24) is 4.90 Å². The summed E-state index contributed by atoms with van der Waals surface area (Å²) in [5.41, 5.74) is 5.58. The van der Waals surface area contributed by atoms with Gasteiger partial charge in [0.15, 0.2) is 0 Å². The first-order valence-corrected chi connectivity index (χ1v) is 7.11. The Hall–Kier alpha value is -1.27. The lowest BCUT2D eigenvalue weighted by Gasteiger charge is -2.26. The van der Waals surface area contributed by atoms with Crippen LogP contribution in [0.5, 0.6) is 0 Å². The van der Waals surface area contributed by atoms with Gasteiger partial charge < -0.3 is 15.5 Å². The summed E-state index contributed by atoms with van der Waals surface area (Å²) in [5, 5.41) is 0. The largest absolute Gasteiger partial charge is 0.418 e. The van der Waals surface area contributed by atoms with Crippen LogP contribution in [0.4, 0.5) is 18.9 Å². The van der Waals surface area contributed by atoms with E-state index in [0.29, 0.717) is 18.0 Å². The molecule has 1 fully saturated rings. The number of anilines is 1. The predicted molar refractivity (Wildman–Crippen MR) is 78.2 cm³/mol. The zero-order valence-electron chi connectivity index (χ0n) is 12.5. The van der Waals surface area contributed by atoms with Crippen molar-refractivity contribution < 1.29 is 13.2 Å². The van der Waals surface area contributed by atoms with E-state index in [1.165, 1.54) is 6.07 Å². The van der Waals surface area contributed by atoms with Crippen LogP contribution in [0.25, 0.3) is 0 Å². The molecule has 0 radical (unpaired) electrons. The summed E-state index contributed by atoms with van der Waals surface area (Å²) >= 11 is 0. The summed E-state index contributed by atoms with van der Waals surface area (Å²) in [5.74, 6) is 0.412. The molecule has 1 aliphatic rings. The molecule has 1 heterocycles. The lowest BCUT2D eigenvalue weighted by molar-refractivity contribution is -0.137. The molecule has 1 aliphatic heterocycles. The molecular formula is C15H22F3N3.